The first-order chi connectivity index (χ1) is 33.3. The van der Waals surface area contributed by atoms with Gasteiger partial charge in [-0.2, -0.15) is 8.78 Å². The third kappa shape index (κ3) is 8.91. The van der Waals surface area contributed by atoms with Crippen molar-refractivity contribution in [3.05, 3.63) is 112 Å². The standard InChI is InChI=1S/C49H46F2N7O11P/c1-27-9-17-40-35(22-27)42(54-69-40)48(65)56-21-19-33-14-15-39(47(64)55(2)20-4-3-6-29-7-5-8-34-36(29)25-57(45(34)62)38-16-18-41(59)53-44(38)61)58(33)46(63)37(26-56)52-43(60)30-11-10-28-12-13-32(24-31(28)23-30)49(50,51)70(66,67)68/h5,7-13,17,22-24,33,37-39H,4,14-16,18-21,25-26H2,1-2H3,(H,52,60)(H,53,59,61)(H2,66,67,68)/t33-,37+,38?,39+/m1/s1. The fraction of sp³-hybridized carbons (Fsp3) is 0.347. The zero-order valence-corrected chi connectivity index (χ0v) is 38.7. The molecule has 0 spiro atoms. The smallest absolute Gasteiger partial charge is 0.355 e. The van der Waals surface area contributed by atoms with Crippen molar-refractivity contribution in [3.8, 4) is 11.8 Å². The normalized spacial score (nSPS) is 20.6. The number of aromatic nitrogens is 1. The van der Waals surface area contributed by atoms with Crippen molar-refractivity contribution in [2.45, 2.75) is 81.8 Å². The zero-order valence-electron chi connectivity index (χ0n) is 37.8. The van der Waals surface area contributed by atoms with E-state index < -0.39 is 66.6 Å². The van der Waals surface area contributed by atoms with Crippen molar-refractivity contribution < 1.29 is 61.2 Å². The van der Waals surface area contributed by atoms with Crippen LogP contribution >= 0.6 is 7.60 Å². The van der Waals surface area contributed by atoms with E-state index in [-0.39, 0.29) is 86.2 Å². The molecule has 1 unspecified atom stereocenters. The number of rotatable bonds is 9. The molecule has 362 valence electrons. The van der Waals surface area contributed by atoms with Gasteiger partial charge in [-0.3, -0.25) is 43.4 Å². The monoisotopic (exact) mass is 977 g/mol. The molecule has 3 fully saturated rings. The molecular formula is C49H46F2N7O11P. The van der Waals surface area contributed by atoms with Crippen LogP contribution in [0.25, 0.3) is 21.7 Å². The van der Waals surface area contributed by atoms with E-state index in [2.05, 4.69) is 27.6 Å². The van der Waals surface area contributed by atoms with Gasteiger partial charge < -0.3 is 39.2 Å². The Morgan fingerprint density at radius 2 is 1.77 bits per heavy atom. The van der Waals surface area contributed by atoms with Crippen LogP contribution in [0.4, 0.5) is 8.78 Å². The van der Waals surface area contributed by atoms with Gasteiger partial charge in [0, 0.05) is 67.8 Å². The third-order valence-electron chi connectivity index (χ3n) is 13.5. The molecule has 4 aliphatic rings. The fourth-order valence-corrected chi connectivity index (χ4v) is 10.2. The number of nitrogens with one attached hydrogen (secondary N) is 2. The van der Waals surface area contributed by atoms with E-state index in [0.717, 1.165) is 17.7 Å². The maximum atomic E-state index is 14.9. The fourth-order valence-electron chi connectivity index (χ4n) is 9.70. The first-order valence-corrected chi connectivity index (χ1v) is 24.2. The molecule has 1 aromatic heterocycles. The lowest BCUT2D eigenvalue weighted by Crippen LogP contribution is -2.61. The van der Waals surface area contributed by atoms with E-state index in [1.165, 1.54) is 43.9 Å². The molecule has 4 N–H and O–H groups in total. The number of carbonyl (C=O) groups excluding carboxylic acids is 7. The van der Waals surface area contributed by atoms with Gasteiger partial charge in [0.05, 0.1) is 11.9 Å². The molecule has 5 heterocycles. The molecule has 4 aromatic carbocycles. The summed E-state index contributed by atoms with van der Waals surface area (Å²) in [6.45, 7) is 1.93. The largest absolute Gasteiger partial charge is 0.399 e. The lowest BCUT2D eigenvalue weighted by molar-refractivity contribution is -0.146. The summed E-state index contributed by atoms with van der Waals surface area (Å²) in [5, 5.41) is 9.97. The lowest BCUT2D eigenvalue weighted by atomic mass is 10.0. The van der Waals surface area contributed by atoms with E-state index in [4.69, 9.17) is 4.52 Å². The number of hydrogen-bond acceptors (Lipinski definition) is 10. The minimum atomic E-state index is -5.90. The maximum Gasteiger partial charge on any atom is 0.399 e. The predicted molar refractivity (Wildman–Crippen MR) is 246 cm³/mol. The average Bonchev–Trinajstić information content (AvgIpc) is 4.04. The molecule has 4 atom stereocenters. The molecule has 0 aliphatic carbocycles. The van der Waals surface area contributed by atoms with Gasteiger partial charge in [-0.25, -0.2) is 0 Å². The van der Waals surface area contributed by atoms with Crippen LogP contribution in [0.1, 0.15) is 92.0 Å². The number of halogens is 2. The molecule has 0 radical (unpaired) electrons. The molecule has 4 aliphatic heterocycles. The van der Waals surface area contributed by atoms with Gasteiger partial charge in [-0.1, -0.05) is 52.9 Å². The van der Waals surface area contributed by atoms with Gasteiger partial charge in [0.1, 0.15) is 18.1 Å². The highest BCUT2D eigenvalue weighted by Gasteiger charge is 2.51. The lowest BCUT2D eigenvalue weighted by Gasteiger charge is -2.39. The second-order valence-corrected chi connectivity index (χ2v) is 19.6. The summed E-state index contributed by atoms with van der Waals surface area (Å²) in [6.07, 6.45) is 1.55. The van der Waals surface area contributed by atoms with Crippen LogP contribution in [0.5, 0.6) is 0 Å². The van der Waals surface area contributed by atoms with Gasteiger partial charge in [0.15, 0.2) is 11.3 Å². The summed E-state index contributed by atoms with van der Waals surface area (Å²) in [5.41, 5.74) is -2.67. The highest BCUT2D eigenvalue weighted by molar-refractivity contribution is 7.52. The van der Waals surface area contributed by atoms with Gasteiger partial charge in [0.2, 0.25) is 23.6 Å². The molecule has 7 amide bonds. The van der Waals surface area contributed by atoms with Crippen LogP contribution in [0.3, 0.4) is 0 Å². The Balaban J connectivity index is 0.935. The Hall–Kier alpha value is -7.33. The topological polar surface area (TPSA) is 240 Å². The molecule has 21 heteroatoms. The van der Waals surface area contributed by atoms with E-state index >= 15 is 0 Å². The number of aryl methyl sites for hydroxylation is 1. The SMILES string of the molecule is Cc1ccc2onc(C(=O)N3CC[C@H]4CC[C@@H](C(=O)N(C)CCC#Cc5cccc6c5CN(C5CCC(=O)NC5=O)C6=O)N4C(=O)[C@@H](NC(=O)c4ccc5ccc(C(F)(F)P(=O)(O)O)cc5c4)C3)c2c1. The van der Waals surface area contributed by atoms with Crippen molar-refractivity contribution in [1.82, 2.24) is 35.4 Å². The van der Waals surface area contributed by atoms with Gasteiger partial charge >= 0.3 is 13.3 Å². The first-order valence-electron chi connectivity index (χ1n) is 22.6. The van der Waals surface area contributed by atoms with E-state index in [1.54, 1.807) is 43.4 Å². The molecule has 70 heavy (non-hydrogen) atoms. The minimum absolute atomic E-state index is 0.00892. The first kappa shape index (κ1) is 47.7. The summed E-state index contributed by atoms with van der Waals surface area (Å²) >= 11 is 0. The highest BCUT2D eigenvalue weighted by Crippen LogP contribution is 2.59. The number of nitrogens with zero attached hydrogens (tertiary/aromatic N) is 5. The predicted octanol–water partition coefficient (Wildman–Crippen LogP) is 4.18. The number of benzene rings is 4. The quantitative estimate of drug-likeness (QED) is 0.0925. The van der Waals surface area contributed by atoms with Gasteiger partial charge in [0.25, 0.3) is 17.7 Å². The summed E-state index contributed by atoms with van der Waals surface area (Å²) in [7, 11) is -4.31. The molecule has 0 bridgehead atoms. The van der Waals surface area contributed by atoms with E-state index in [1.807, 2.05) is 6.92 Å². The number of amides is 7. The van der Waals surface area contributed by atoms with E-state index in [0.29, 0.717) is 45.9 Å². The van der Waals surface area contributed by atoms with Crippen LogP contribution in [-0.4, -0.2) is 127 Å². The maximum absolute atomic E-state index is 14.9. The Morgan fingerprint density at radius 3 is 2.54 bits per heavy atom. The molecule has 9 rings (SSSR count). The van der Waals surface area contributed by atoms with Crippen LogP contribution in [0.15, 0.2) is 77.3 Å². The Kier molecular flexibility index (Phi) is 12.6. The molecule has 0 saturated carbocycles. The van der Waals surface area contributed by atoms with Gasteiger partial charge in [-0.15, -0.1) is 0 Å². The molecule has 5 aromatic rings. The number of fused-ring (bicyclic) bond motifs is 4. The van der Waals surface area contributed by atoms with Crippen LogP contribution in [0.2, 0.25) is 0 Å². The molecular weight excluding hydrogens is 932 g/mol. The number of hydrogen-bond donors (Lipinski definition) is 4. The summed E-state index contributed by atoms with van der Waals surface area (Å²) in [6, 6.07) is 13.8. The second kappa shape index (κ2) is 18.5. The van der Waals surface area contributed by atoms with E-state index in [9.17, 15) is 56.7 Å². The zero-order chi connectivity index (χ0) is 49.8. The Bertz CT molecular complexity index is 3160. The number of imide groups is 1. The highest BCUT2D eigenvalue weighted by atomic mass is 31.2. The van der Waals surface area contributed by atoms with Crippen LogP contribution < -0.4 is 10.6 Å². The number of piperidine rings is 1. The number of carbonyl (C=O) groups is 7. The second-order valence-electron chi connectivity index (χ2n) is 18.0. The van der Waals surface area contributed by atoms with Crippen LogP contribution in [-0.2, 0) is 36.0 Å². The van der Waals surface area contributed by atoms with Crippen molar-refractivity contribution in [2.24, 2.45) is 0 Å². The van der Waals surface area contributed by atoms with Crippen molar-refractivity contribution >= 4 is 70.7 Å². The van der Waals surface area contributed by atoms with Crippen LogP contribution in [0, 0.1) is 18.8 Å². The van der Waals surface area contributed by atoms with Crippen molar-refractivity contribution in [2.75, 3.05) is 26.7 Å². The average molecular weight is 978 g/mol. The van der Waals surface area contributed by atoms with Crippen molar-refractivity contribution in [3.63, 3.8) is 0 Å². The third-order valence-corrected chi connectivity index (χ3v) is 14.5. The summed E-state index contributed by atoms with van der Waals surface area (Å²) < 4.78 is 46.5. The number of likely N-dealkylation sites (N-methyl/N-ethyl adjacent to an activating group) is 1. The summed E-state index contributed by atoms with van der Waals surface area (Å²) in [5.74, 6) is 2.57. The molecule has 3 saturated heterocycles. The Labute approximate surface area is 398 Å². The van der Waals surface area contributed by atoms with Crippen molar-refractivity contribution in [1.29, 1.82) is 0 Å². The Morgan fingerprint density at radius 1 is 0.986 bits per heavy atom. The number of alkyl halides is 2. The molecule has 18 nitrogen and oxygen atoms in total. The summed E-state index contributed by atoms with van der Waals surface area (Å²) in [4.78, 5) is 120. The minimum Gasteiger partial charge on any atom is -0.355 e. The van der Waals surface area contributed by atoms with Gasteiger partial charge in [-0.05, 0) is 91.4 Å².